The van der Waals surface area contributed by atoms with E-state index in [1.54, 1.807) is 12.4 Å². The lowest BCUT2D eigenvalue weighted by atomic mass is 10.0. The van der Waals surface area contributed by atoms with Crippen molar-refractivity contribution in [1.82, 2.24) is 15.3 Å². The number of aromatic nitrogens is 2. The highest BCUT2D eigenvalue weighted by Gasteiger charge is 2.25. The number of carbonyl (C=O) groups is 1. The van der Waals surface area contributed by atoms with Crippen molar-refractivity contribution in [2.45, 2.75) is 31.7 Å². The molecule has 4 rings (SSSR count). The van der Waals surface area contributed by atoms with Crippen LogP contribution in [0.5, 0.6) is 0 Å². The minimum Gasteiger partial charge on any atom is -0.348 e. The van der Waals surface area contributed by atoms with Crippen LogP contribution in [0.15, 0.2) is 36.7 Å². The summed E-state index contributed by atoms with van der Waals surface area (Å²) in [5.74, 6) is 0.677. The standard InChI is InChI=1S/C17H18N4O/c22-17(20-13-7-8-13)14-10-19-16(11-18-14)21-9-3-5-12-4-1-2-6-15(12)21/h1-2,4,6,10-11,13H,3,5,7-9H2,(H,20,22). The highest BCUT2D eigenvalue weighted by molar-refractivity contribution is 5.92. The van der Waals surface area contributed by atoms with E-state index in [4.69, 9.17) is 0 Å². The van der Waals surface area contributed by atoms with E-state index < -0.39 is 0 Å². The van der Waals surface area contributed by atoms with Crippen molar-refractivity contribution < 1.29 is 4.79 Å². The van der Waals surface area contributed by atoms with Gasteiger partial charge >= 0.3 is 0 Å². The number of hydrogen-bond acceptors (Lipinski definition) is 4. The van der Waals surface area contributed by atoms with E-state index in [2.05, 4.69) is 38.4 Å². The normalized spacial score (nSPS) is 17.0. The second-order valence-corrected chi connectivity index (χ2v) is 5.89. The second-order valence-electron chi connectivity index (χ2n) is 5.89. The molecular formula is C17H18N4O. The van der Waals surface area contributed by atoms with Gasteiger partial charge in [-0.1, -0.05) is 18.2 Å². The van der Waals surface area contributed by atoms with Crippen LogP contribution in [0.4, 0.5) is 11.5 Å². The van der Waals surface area contributed by atoms with Gasteiger partial charge in [0.25, 0.3) is 5.91 Å². The molecule has 5 heteroatoms. The first-order valence-electron chi connectivity index (χ1n) is 7.79. The van der Waals surface area contributed by atoms with Gasteiger partial charge in [-0.15, -0.1) is 0 Å². The molecule has 22 heavy (non-hydrogen) atoms. The molecule has 2 aliphatic rings. The van der Waals surface area contributed by atoms with Gasteiger partial charge in [0.05, 0.1) is 12.4 Å². The van der Waals surface area contributed by atoms with Gasteiger partial charge in [0.2, 0.25) is 0 Å². The molecule has 0 spiro atoms. The molecule has 0 atom stereocenters. The monoisotopic (exact) mass is 294 g/mol. The fourth-order valence-corrected chi connectivity index (χ4v) is 2.84. The Morgan fingerprint density at radius 3 is 2.82 bits per heavy atom. The molecule has 0 saturated heterocycles. The molecule has 0 unspecified atom stereocenters. The summed E-state index contributed by atoms with van der Waals surface area (Å²) in [4.78, 5) is 22.9. The topological polar surface area (TPSA) is 58.1 Å². The predicted octanol–water partition coefficient (Wildman–Crippen LogP) is 2.45. The van der Waals surface area contributed by atoms with Gasteiger partial charge < -0.3 is 10.2 Å². The molecule has 2 aromatic rings. The first-order chi connectivity index (χ1) is 10.8. The maximum Gasteiger partial charge on any atom is 0.271 e. The minimum absolute atomic E-state index is 0.124. The fraction of sp³-hybridized carbons (Fsp3) is 0.353. The summed E-state index contributed by atoms with van der Waals surface area (Å²) < 4.78 is 0. The number of benzene rings is 1. The van der Waals surface area contributed by atoms with Crippen LogP contribution in [0.2, 0.25) is 0 Å². The molecule has 1 aromatic carbocycles. The number of para-hydroxylation sites is 1. The zero-order chi connectivity index (χ0) is 14.9. The minimum atomic E-state index is -0.124. The van der Waals surface area contributed by atoms with Gasteiger partial charge in [-0.25, -0.2) is 9.97 Å². The van der Waals surface area contributed by atoms with Crippen LogP contribution in [0, 0.1) is 0 Å². The largest absolute Gasteiger partial charge is 0.348 e. The molecule has 0 radical (unpaired) electrons. The molecule has 1 N–H and O–H groups in total. The number of fused-ring (bicyclic) bond motifs is 1. The van der Waals surface area contributed by atoms with Crippen LogP contribution in [0.25, 0.3) is 0 Å². The van der Waals surface area contributed by atoms with E-state index in [1.807, 2.05) is 6.07 Å². The Morgan fingerprint density at radius 2 is 2.05 bits per heavy atom. The molecule has 1 aliphatic carbocycles. The lowest BCUT2D eigenvalue weighted by Gasteiger charge is -2.30. The summed E-state index contributed by atoms with van der Waals surface area (Å²) in [5.41, 5.74) is 2.92. The van der Waals surface area contributed by atoms with Crippen molar-refractivity contribution in [2.24, 2.45) is 0 Å². The van der Waals surface area contributed by atoms with Gasteiger partial charge in [-0.05, 0) is 37.3 Å². The molecule has 1 saturated carbocycles. The molecule has 0 bridgehead atoms. The zero-order valence-corrected chi connectivity index (χ0v) is 12.3. The Morgan fingerprint density at radius 1 is 1.18 bits per heavy atom. The van der Waals surface area contributed by atoms with Gasteiger partial charge in [0.15, 0.2) is 5.82 Å². The number of nitrogens with zero attached hydrogens (tertiary/aromatic N) is 3. The molecule has 1 amide bonds. The first-order valence-corrected chi connectivity index (χ1v) is 7.79. The zero-order valence-electron chi connectivity index (χ0n) is 12.3. The van der Waals surface area contributed by atoms with Crippen molar-refractivity contribution in [2.75, 3.05) is 11.4 Å². The Balaban J connectivity index is 1.57. The Bertz CT molecular complexity index is 694. The molecular weight excluding hydrogens is 276 g/mol. The van der Waals surface area contributed by atoms with Crippen molar-refractivity contribution >= 4 is 17.4 Å². The van der Waals surface area contributed by atoms with E-state index in [0.29, 0.717) is 11.7 Å². The highest BCUT2D eigenvalue weighted by Crippen LogP contribution is 2.31. The fourth-order valence-electron chi connectivity index (χ4n) is 2.84. The molecule has 2 heterocycles. The summed E-state index contributed by atoms with van der Waals surface area (Å²) in [5, 5.41) is 2.93. The number of nitrogens with one attached hydrogen (secondary N) is 1. The third-order valence-corrected chi connectivity index (χ3v) is 4.17. The van der Waals surface area contributed by atoms with Crippen LogP contribution >= 0.6 is 0 Å². The van der Waals surface area contributed by atoms with Crippen LogP contribution in [-0.4, -0.2) is 28.5 Å². The maximum atomic E-state index is 12.0. The van der Waals surface area contributed by atoms with Crippen molar-refractivity contribution in [3.63, 3.8) is 0 Å². The third-order valence-electron chi connectivity index (χ3n) is 4.17. The van der Waals surface area contributed by atoms with Crippen LogP contribution in [0.3, 0.4) is 0 Å². The summed E-state index contributed by atoms with van der Waals surface area (Å²) in [6.07, 6.45) is 7.61. The summed E-state index contributed by atoms with van der Waals surface area (Å²) in [6.45, 7) is 0.930. The van der Waals surface area contributed by atoms with Gasteiger partial charge in [-0.3, -0.25) is 4.79 Å². The highest BCUT2D eigenvalue weighted by atomic mass is 16.2. The lowest BCUT2D eigenvalue weighted by molar-refractivity contribution is 0.0945. The Kier molecular flexibility index (Phi) is 3.25. The molecule has 112 valence electrons. The number of anilines is 2. The average Bonchev–Trinajstić information content (AvgIpc) is 3.38. The Hall–Kier alpha value is -2.43. The maximum absolute atomic E-state index is 12.0. The quantitative estimate of drug-likeness (QED) is 0.944. The first kappa shape index (κ1) is 13.2. The van der Waals surface area contributed by atoms with Crippen LogP contribution < -0.4 is 10.2 Å². The van der Waals surface area contributed by atoms with E-state index >= 15 is 0 Å². The van der Waals surface area contributed by atoms with Gasteiger partial charge in [-0.2, -0.15) is 0 Å². The number of rotatable bonds is 3. The summed E-state index contributed by atoms with van der Waals surface area (Å²) >= 11 is 0. The molecule has 1 fully saturated rings. The number of hydrogen-bond donors (Lipinski definition) is 1. The SMILES string of the molecule is O=C(NC1CC1)c1cnc(N2CCCc3ccccc32)cn1. The van der Waals surface area contributed by atoms with E-state index in [9.17, 15) is 4.79 Å². The lowest BCUT2D eigenvalue weighted by Crippen LogP contribution is -2.28. The van der Waals surface area contributed by atoms with Crippen LogP contribution in [0.1, 0.15) is 35.3 Å². The molecule has 1 aromatic heterocycles. The predicted molar refractivity (Wildman–Crippen MR) is 84.3 cm³/mol. The number of aryl methyl sites for hydroxylation is 1. The van der Waals surface area contributed by atoms with Crippen molar-refractivity contribution in [1.29, 1.82) is 0 Å². The number of amides is 1. The summed E-state index contributed by atoms with van der Waals surface area (Å²) in [7, 11) is 0. The summed E-state index contributed by atoms with van der Waals surface area (Å²) in [6, 6.07) is 8.72. The number of carbonyl (C=O) groups excluding carboxylic acids is 1. The van der Waals surface area contributed by atoms with Gasteiger partial charge in [0.1, 0.15) is 5.69 Å². The average molecular weight is 294 g/mol. The molecule has 5 nitrogen and oxygen atoms in total. The third kappa shape index (κ3) is 2.54. The smallest absolute Gasteiger partial charge is 0.271 e. The second kappa shape index (κ2) is 5.40. The van der Waals surface area contributed by atoms with E-state index in [-0.39, 0.29) is 5.91 Å². The Labute approximate surface area is 129 Å². The van der Waals surface area contributed by atoms with Crippen molar-refractivity contribution in [3.8, 4) is 0 Å². The van der Waals surface area contributed by atoms with Gasteiger partial charge in [0, 0.05) is 18.3 Å². The molecule has 1 aliphatic heterocycles. The van der Waals surface area contributed by atoms with Crippen LogP contribution in [-0.2, 0) is 6.42 Å². The van der Waals surface area contributed by atoms with Crippen molar-refractivity contribution in [3.05, 3.63) is 47.9 Å². The van der Waals surface area contributed by atoms with E-state index in [1.165, 1.54) is 11.3 Å². The van der Waals surface area contributed by atoms with E-state index in [0.717, 1.165) is 38.0 Å².